The van der Waals surface area contributed by atoms with Crippen LogP contribution in [0.25, 0.3) is 75.9 Å². The van der Waals surface area contributed by atoms with Crippen LogP contribution in [-0.4, -0.2) is 129 Å². The Morgan fingerprint density at radius 3 is 1.15 bits per heavy atom. The fourth-order valence-electron chi connectivity index (χ4n) is 16.9. The van der Waals surface area contributed by atoms with Gasteiger partial charge in [-0.3, -0.25) is 34.0 Å². The first kappa shape index (κ1) is 74.1. The average molecular weight is 1460 g/mol. The van der Waals surface area contributed by atoms with E-state index in [1.807, 2.05) is 141 Å². The van der Waals surface area contributed by atoms with E-state index in [0.29, 0.717) is 11.6 Å². The summed E-state index contributed by atoms with van der Waals surface area (Å²) in [4.78, 5) is 63.6. The van der Waals surface area contributed by atoms with Gasteiger partial charge in [-0.05, 0) is 166 Å². The molecule has 14 nitrogen and oxygen atoms in total. The van der Waals surface area contributed by atoms with E-state index in [2.05, 4.69) is 166 Å². The van der Waals surface area contributed by atoms with Gasteiger partial charge < -0.3 is 32.5 Å². The van der Waals surface area contributed by atoms with Crippen LogP contribution in [0.5, 0.6) is 5.75 Å². The minimum Gasteiger partial charge on any atom is -0.497 e. The van der Waals surface area contributed by atoms with Gasteiger partial charge in [0.05, 0.1) is 67.5 Å². The first-order valence-corrected chi connectivity index (χ1v) is 38.7. The number of methoxy groups -OCH3 is 1. The van der Waals surface area contributed by atoms with Crippen molar-refractivity contribution in [2.75, 3.05) is 72.8 Å². The molecule has 1 aliphatic carbocycles. The maximum atomic E-state index is 13.9. The summed E-state index contributed by atoms with van der Waals surface area (Å²) in [6, 6.07) is 71.2. The molecule has 15 aromatic rings. The number of carbonyl (C=O) groups excluding carboxylic acids is 4. The molecule has 14 heteroatoms. The van der Waals surface area contributed by atoms with E-state index in [-0.39, 0.29) is 23.1 Å². The first-order chi connectivity index (χ1) is 53.6. The van der Waals surface area contributed by atoms with Crippen molar-refractivity contribution in [2.24, 2.45) is 0 Å². The topological polar surface area (TPSA) is 135 Å². The predicted molar refractivity (Wildman–Crippen MR) is 446 cm³/mol. The molecule has 18 rings (SSSR count). The maximum Gasteiger partial charge on any atom is 0.196 e. The molecule has 2 saturated heterocycles. The number of aryl methyl sites for hydroxylation is 4. The number of nitrogens with zero attached hydrogens (tertiary/aromatic N) is 7. The van der Waals surface area contributed by atoms with Crippen LogP contribution in [0.3, 0.4) is 0 Å². The molecule has 0 atom stereocenters. The second-order valence-electron chi connectivity index (χ2n) is 29.3. The number of hydrogen-bond donors (Lipinski definition) is 0. The molecule has 10 aromatic carbocycles. The van der Waals surface area contributed by atoms with Crippen molar-refractivity contribution in [3.63, 3.8) is 0 Å². The van der Waals surface area contributed by atoms with Gasteiger partial charge in [0.15, 0.2) is 23.1 Å². The standard InChI is InChI=1S/C27H28N2O2.C26H27N3O2.C24H21NO.C19H19NO2/c1-19-11-12-23(22-8-4-3-7-21(19)22)27(30)26-20(2)29(25-10-6-5-9-24(25)26)14-13-28-15-17-31-18-16-28;1-18-7-8-22(21-6-4-3-5-20(18)21)26(30)25-19(2)29(24-17-27-10-9-23(24)25)12-11-28-13-15-31-16-14-28;1-15-11-14-20(19-8-4-3-7-18(15)19)24(26)23-16(2)25(17-12-13-17)22-10-6-5-9-21(22)23;1-4-20-13(2)18(16-7-5-6-8-17(16)20)19(21)14-9-11-15(22-3)12-10-14/h3-12H,13-18H2,1-2H3;3-10,17H,11-16H2,1-2H3;3-11,14,17H,12-13H2,1-2H3;5-12H,4H2,1-3H3. The largest absolute Gasteiger partial charge is 0.497 e. The number of fused-ring (bicyclic) bond motifs is 7. The molecule has 1 saturated carbocycles. The summed E-state index contributed by atoms with van der Waals surface area (Å²) in [5.41, 5.74) is 18.5. The predicted octanol–water partition coefficient (Wildman–Crippen LogP) is 19.5. The molecule has 2 aliphatic heterocycles. The zero-order chi connectivity index (χ0) is 76.3. The van der Waals surface area contributed by atoms with E-state index in [1.54, 1.807) is 13.3 Å². The van der Waals surface area contributed by atoms with Crippen molar-refractivity contribution >= 4 is 99.1 Å². The molecule has 0 N–H and O–H groups in total. The summed E-state index contributed by atoms with van der Waals surface area (Å²) in [5.74, 6) is 1.13. The summed E-state index contributed by atoms with van der Waals surface area (Å²) in [7, 11) is 1.62. The third-order valence-electron chi connectivity index (χ3n) is 22.9. The number of ketones is 4. The van der Waals surface area contributed by atoms with E-state index in [9.17, 15) is 19.2 Å². The number of carbonyl (C=O) groups is 4. The van der Waals surface area contributed by atoms with E-state index >= 15 is 0 Å². The average Bonchev–Trinajstić information content (AvgIpc) is 1.59. The Balaban J connectivity index is 0.000000117. The Bertz CT molecular complexity index is 5800. The SMILES string of the molecule is CCn1c(C)c(C(=O)c2ccc(OC)cc2)c2ccccc21.Cc1ccc(C(=O)c2c(C)n(C3CC3)c3ccccc23)c2ccccc12.Cc1ccc(C(=O)c2c(C)n(CCN3CCOCC3)c3ccccc23)c2ccccc12.Cc1ccc(C(=O)c2c(C)n(CCN3CCOCC3)c3cnccc23)c2ccccc12. The molecule has 5 aromatic heterocycles. The number of pyridine rings is 1. The highest BCUT2D eigenvalue weighted by Crippen LogP contribution is 2.43. The molecule has 0 bridgehead atoms. The van der Waals surface area contributed by atoms with E-state index < -0.39 is 0 Å². The molecule has 0 unspecified atom stereocenters. The lowest BCUT2D eigenvalue weighted by atomic mass is 9.93. The summed E-state index contributed by atoms with van der Waals surface area (Å²) in [6.45, 7) is 28.1. The zero-order valence-corrected chi connectivity index (χ0v) is 64.5. The van der Waals surface area contributed by atoms with Gasteiger partial charge in [-0.2, -0.15) is 0 Å². The minimum atomic E-state index is 0.0588. The number of aromatic nitrogens is 5. The van der Waals surface area contributed by atoms with E-state index in [0.717, 1.165) is 223 Å². The number of rotatable bonds is 17. The van der Waals surface area contributed by atoms with Crippen molar-refractivity contribution in [2.45, 2.75) is 93.9 Å². The molecule has 3 fully saturated rings. The Kier molecular flexibility index (Phi) is 21.8. The number of hydrogen-bond acceptors (Lipinski definition) is 10. The van der Waals surface area contributed by atoms with Gasteiger partial charge >= 0.3 is 0 Å². The molecule has 0 radical (unpaired) electrons. The summed E-state index contributed by atoms with van der Waals surface area (Å²) >= 11 is 0. The minimum absolute atomic E-state index is 0.0588. The summed E-state index contributed by atoms with van der Waals surface area (Å²) in [6.07, 6.45) is 6.07. The van der Waals surface area contributed by atoms with Crippen molar-refractivity contribution in [3.8, 4) is 5.75 Å². The molecule has 0 amide bonds. The number of para-hydroxylation sites is 3. The molecule has 3 aliphatic rings. The van der Waals surface area contributed by atoms with Gasteiger partial charge in [-0.25, -0.2) is 0 Å². The highest BCUT2D eigenvalue weighted by Gasteiger charge is 2.32. The third-order valence-corrected chi connectivity index (χ3v) is 22.9. The van der Waals surface area contributed by atoms with E-state index in [1.165, 1.54) is 35.0 Å². The summed E-state index contributed by atoms with van der Waals surface area (Å²) < 4.78 is 25.2. The van der Waals surface area contributed by atoms with Crippen molar-refractivity contribution in [3.05, 3.63) is 309 Å². The van der Waals surface area contributed by atoms with Crippen LogP contribution >= 0.6 is 0 Å². The van der Waals surface area contributed by atoms with Crippen molar-refractivity contribution < 1.29 is 33.4 Å². The van der Waals surface area contributed by atoms with Crippen LogP contribution in [0.4, 0.5) is 0 Å². The zero-order valence-electron chi connectivity index (χ0n) is 64.5. The van der Waals surface area contributed by atoms with E-state index in [4.69, 9.17) is 14.2 Å². The number of morpholine rings is 2. The normalized spacial score (nSPS) is 14.0. The van der Waals surface area contributed by atoms with Gasteiger partial charge in [0, 0.05) is 154 Å². The van der Waals surface area contributed by atoms with Gasteiger partial charge in [-0.1, -0.05) is 164 Å². The van der Waals surface area contributed by atoms with Crippen LogP contribution in [-0.2, 0) is 29.1 Å². The number of ether oxygens (including phenoxy) is 3. The van der Waals surface area contributed by atoms with Crippen LogP contribution in [0, 0.1) is 48.5 Å². The van der Waals surface area contributed by atoms with Crippen LogP contribution < -0.4 is 4.74 Å². The Morgan fingerprint density at radius 2 is 0.727 bits per heavy atom. The third kappa shape index (κ3) is 14.4. The van der Waals surface area contributed by atoms with Crippen LogP contribution in [0.15, 0.2) is 225 Å². The van der Waals surface area contributed by atoms with Gasteiger partial charge in [0.25, 0.3) is 0 Å². The molecule has 7 heterocycles. The Hall–Kier alpha value is -11.4. The van der Waals surface area contributed by atoms with Gasteiger partial charge in [0.1, 0.15) is 5.75 Å². The summed E-state index contributed by atoms with van der Waals surface area (Å²) in [5, 5.41) is 10.6. The highest BCUT2D eigenvalue weighted by atomic mass is 16.5. The van der Waals surface area contributed by atoms with Gasteiger partial charge in [-0.15, -0.1) is 0 Å². The smallest absolute Gasteiger partial charge is 0.196 e. The molecule has 0 spiro atoms. The van der Waals surface area contributed by atoms with Crippen LogP contribution in [0.1, 0.15) is 129 Å². The van der Waals surface area contributed by atoms with Crippen LogP contribution in [0.2, 0.25) is 0 Å². The molecular formula is C96H95N7O7. The van der Waals surface area contributed by atoms with Crippen molar-refractivity contribution in [1.29, 1.82) is 0 Å². The Morgan fingerprint density at radius 1 is 0.373 bits per heavy atom. The van der Waals surface area contributed by atoms with Crippen molar-refractivity contribution in [1.82, 2.24) is 33.1 Å². The monoisotopic (exact) mass is 1460 g/mol. The molecule has 556 valence electrons. The first-order valence-electron chi connectivity index (χ1n) is 38.7. The van der Waals surface area contributed by atoms with Gasteiger partial charge in [0.2, 0.25) is 0 Å². The fraction of sp³-hybridized carbons (Fsp3) is 0.260. The Labute approximate surface area is 643 Å². The number of benzene rings is 10. The quantitative estimate of drug-likeness (QED) is 0.0811. The second-order valence-corrected chi connectivity index (χ2v) is 29.3. The molecular weight excluding hydrogens is 1360 g/mol. The lowest BCUT2D eigenvalue weighted by Gasteiger charge is -2.27. The molecule has 110 heavy (non-hydrogen) atoms. The fourth-order valence-corrected chi connectivity index (χ4v) is 16.9. The lowest BCUT2D eigenvalue weighted by molar-refractivity contribution is 0.0364. The lowest BCUT2D eigenvalue weighted by Crippen LogP contribution is -2.38. The maximum absolute atomic E-state index is 13.9. The second kappa shape index (κ2) is 32.4. The highest BCUT2D eigenvalue weighted by molar-refractivity contribution is 6.25.